The molecule has 2 nitrogen and oxygen atoms in total. The Kier molecular flexibility index (Phi) is 6.91. The van der Waals surface area contributed by atoms with Gasteiger partial charge in [-0.3, -0.25) is 4.79 Å². The van der Waals surface area contributed by atoms with Gasteiger partial charge in [0, 0.05) is 18.9 Å². The van der Waals surface area contributed by atoms with Crippen molar-refractivity contribution >= 4 is 5.78 Å². The molecule has 0 aromatic rings. The lowest BCUT2D eigenvalue weighted by Crippen LogP contribution is -2.38. The van der Waals surface area contributed by atoms with Gasteiger partial charge in [0.25, 0.3) is 0 Å². The van der Waals surface area contributed by atoms with Crippen molar-refractivity contribution in [2.75, 3.05) is 19.6 Å². The topological polar surface area (TPSA) is 20.3 Å². The lowest BCUT2D eigenvalue weighted by Gasteiger charge is -2.32. The molecule has 2 heteroatoms. The van der Waals surface area contributed by atoms with Gasteiger partial charge in [-0.2, -0.15) is 0 Å². The van der Waals surface area contributed by atoms with Crippen molar-refractivity contribution in [1.29, 1.82) is 0 Å². The number of ketones is 1. The quantitative estimate of drug-likeness (QED) is 0.688. The molecule has 1 fully saturated rings. The normalized spacial score (nSPS) is 18.8. The molecule has 106 valence electrons. The molecule has 18 heavy (non-hydrogen) atoms. The van der Waals surface area contributed by atoms with Gasteiger partial charge in [0.15, 0.2) is 0 Å². The van der Waals surface area contributed by atoms with Gasteiger partial charge in [-0.15, -0.1) is 0 Å². The van der Waals surface area contributed by atoms with Crippen LogP contribution in [0.5, 0.6) is 0 Å². The van der Waals surface area contributed by atoms with Crippen molar-refractivity contribution in [3.05, 3.63) is 0 Å². The van der Waals surface area contributed by atoms with Crippen LogP contribution in [0.15, 0.2) is 0 Å². The maximum atomic E-state index is 12.1. The van der Waals surface area contributed by atoms with Crippen LogP contribution in [0.1, 0.15) is 59.8 Å². The molecular weight excluding hydrogens is 222 g/mol. The minimum atomic E-state index is 0.362. The number of carbonyl (C=O) groups excluding carboxylic acids is 1. The highest BCUT2D eigenvalue weighted by molar-refractivity contribution is 5.81. The summed E-state index contributed by atoms with van der Waals surface area (Å²) in [6.07, 6.45) is 5.27. The van der Waals surface area contributed by atoms with E-state index < -0.39 is 0 Å². The molecule has 0 aromatic carbocycles. The molecular formula is C16H31NO. The van der Waals surface area contributed by atoms with Crippen LogP contribution in [0.25, 0.3) is 0 Å². The molecule has 1 saturated heterocycles. The van der Waals surface area contributed by atoms with Crippen LogP contribution in [0.4, 0.5) is 0 Å². The summed E-state index contributed by atoms with van der Waals surface area (Å²) < 4.78 is 0. The van der Waals surface area contributed by atoms with Crippen molar-refractivity contribution < 1.29 is 4.79 Å². The Morgan fingerprint density at radius 3 is 2.22 bits per heavy atom. The summed E-state index contributed by atoms with van der Waals surface area (Å²) in [5, 5.41) is 0. The number of carbonyl (C=O) groups is 1. The van der Waals surface area contributed by atoms with Crippen molar-refractivity contribution in [2.24, 2.45) is 17.8 Å². The SMILES string of the molecule is CC(C)CCCC(=O)C1CCN(CC(C)C)CC1. The van der Waals surface area contributed by atoms with E-state index in [-0.39, 0.29) is 0 Å². The summed E-state index contributed by atoms with van der Waals surface area (Å²) in [7, 11) is 0. The first kappa shape index (κ1) is 15.7. The zero-order valence-corrected chi connectivity index (χ0v) is 12.7. The van der Waals surface area contributed by atoms with Gasteiger partial charge in [0.2, 0.25) is 0 Å². The van der Waals surface area contributed by atoms with E-state index in [0.29, 0.717) is 11.7 Å². The van der Waals surface area contributed by atoms with Crippen molar-refractivity contribution in [2.45, 2.75) is 59.8 Å². The number of rotatable bonds is 7. The molecule has 0 N–H and O–H groups in total. The minimum absolute atomic E-state index is 0.362. The molecule has 1 heterocycles. The van der Waals surface area contributed by atoms with E-state index in [1.54, 1.807) is 0 Å². The molecule has 0 saturated carbocycles. The average Bonchev–Trinajstić information content (AvgIpc) is 2.28. The molecule has 1 rings (SSSR count). The first-order chi connectivity index (χ1) is 8.49. The highest BCUT2D eigenvalue weighted by atomic mass is 16.1. The van der Waals surface area contributed by atoms with E-state index in [1.807, 2.05) is 0 Å². The molecule has 0 aliphatic carbocycles. The standard InChI is InChI=1S/C16H31NO/c1-13(2)6-5-7-16(18)15-8-10-17(11-9-15)12-14(3)4/h13-15H,5-12H2,1-4H3. The predicted octanol–water partition coefficient (Wildman–Crippen LogP) is 3.75. The molecule has 0 amide bonds. The van der Waals surface area contributed by atoms with Crippen LogP contribution >= 0.6 is 0 Å². The zero-order chi connectivity index (χ0) is 13.5. The Hall–Kier alpha value is -0.370. The molecule has 0 bridgehead atoms. The van der Waals surface area contributed by atoms with Gasteiger partial charge < -0.3 is 4.90 Å². The van der Waals surface area contributed by atoms with E-state index >= 15 is 0 Å². The fraction of sp³-hybridized carbons (Fsp3) is 0.938. The molecule has 1 aliphatic rings. The van der Waals surface area contributed by atoms with Gasteiger partial charge in [-0.05, 0) is 44.2 Å². The summed E-state index contributed by atoms with van der Waals surface area (Å²) in [5.41, 5.74) is 0. The molecule has 0 aromatic heterocycles. The minimum Gasteiger partial charge on any atom is -0.303 e. The number of hydrogen-bond acceptors (Lipinski definition) is 2. The Morgan fingerprint density at radius 1 is 1.11 bits per heavy atom. The number of piperidine rings is 1. The molecule has 0 radical (unpaired) electrons. The summed E-state index contributed by atoms with van der Waals surface area (Å²) in [6, 6.07) is 0. The summed E-state index contributed by atoms with van der Waals surface area (Å²) in [4.78, 5) is 14.6. The van der Waals surface area contributed by atoms with Gasteiger partial charge in [-0.25, -0.2) is 0 Å². The predicted molar refractivity (Wildman–Crippen MR) is 77.7 cm³/mol. The largest absolute Gasteiger partial charge is 0.303 e. The van der Waals surface area contributed by atoms with E-state index in [2.05, 4.69) is 32.6 Å². The smallest absolute Gasteiger partial charge is 0.136 e. The fourth-order valence-electron chi connectivity index (χ4n) is 2.84. The number of likely N-dealkylation sites (tertiary alicyclic amines) is 1. The van der Waals surface area contributed by atoms with Crippen molar-refractivity contribution in [3.63, 3.8) is 0 Å². The summed E-state index contributed by atoms with van der Waals surface area (Å²) in [5.74, 6) is 2.36. The van der Waals surface area contributed by atoms with E-state index in [9.17, 15) is 4.79 Å². The fourth-order valence-corrected chi connectivity index (χ4v) is 2.84. The van der Waals surface area contributed by atoms with Gasteiger partial charge in [0.1, 0.15) is 5.78 Å². The zero-order valence-electron chi connectivity index (χ0n) is 12.7. The monoisotopic (exact) mass is 253 g/mol. The number of nitrogens with zero attached hydrogens (tertiary/aromatic N) is 1. The second-order valence-electron chi connectivity index (χ2n) is 6.72. The third-order valence-electron chi connectivity index (χ3n) is 3.87. The van der Waals surface area contributed by atoms with Crippen LogP contribution in [-0.2, 0) is 4.79 Å². The molecule has 0 unspecified atom stereocenters. The molecule has 0 spiro atoms. The first-order valence-corrected chi connectivity index (χ1v) is 7.74. The van der Waals surface area contributed by atoms with E-state index in [1.165, 1.54) is 13.0 Å². The van der Waals surface area contributed by atoms with Crippen molar-refractivity contribution in [3.8, 4) is 0 Å². The van der Waals surface area contributed by atoms with Crippen molar-refractivity contribution in [1.82, 2.24) is 4.90 Å². The van der Waals surface area contributed by atoms with E-state index in [0.717, 1.165) is 50.6 Å². The third-order valence-corrected chi connectivity index (χ3v) is 3.87. The van der Waals surface area contributed by atoms with Crippen LogP contribution in [0.3, 0.4) is 0 Å². The second-order valence-corrected chi connectivity index (χ2v) is 6.72. The van der Waals surface area contributed by atoms with Gasteiger partial charge >= 0.3 is 0 Å². The van der Waals surface area contributed by atoms with Gasteiger partial charge in [0.05, 0.1) is 0 Å². The summed E-state index contributed by atoms with van der Waals surface area (Å²) >= 11 is 0. The highest BCUT2D eigenvalue weighted by Gasteiger charge is 2.24. The van der Waals surface area contributed by atoms with Gasteiger partial charge in [-0.1, -0.05) is 34.1 Å². The van der Waals surface area contributed by atoms with Crippen LogP contribution in [0, 0.1) is 17.8 Å². The maximum Gasteiger partial charge on any atom is 0.136 e. The van der Waals surface area contributed by atoms with Crippen LogP contribution < -0.4 is 0 Å². The molecule has 0 atom stereocenters. The lowest BCUT2D eigenvalue weighted by atomic mass is 9.89. The Morgan fingerprint density at radius 2 is 1.72 bits per heavy atom. The van der Waals surface area contributed by atoms with Crippen LogP contribution in [-0.4, -0.2) is 30.3 Å². The Balaban J connectivity index is 2.19. The Bertz CT molecular complexity index is 239. The highest BCUT2D eigenvalue weighted by Crippen LogP contribution is 2.21. The average molecular weight is 253 g/mol. The van der Waals surface area contributed by atoms with Crippen LogP contribution in [0.2, 0.25) is 0 Å². The third kappa shape index (κ3) is 5.99. The molecule has 1 aliphatic heterocycles. The second kappa shape index (κ2) is 7.93. The lowest BCUT2D eigenvalue weighted by molar-refractivity contribution is -0.124. The first-order valence-electron chi connectivity index (χ1n) is 7.74. The number of hydrogen-bond donors (Lipinski definition) is 0. The van der Waals surface area contributed by atoms with E-state index in [4.69, 9.17) is 0 Å². The number of Topliss-reactive ketones (excluding diaryl/α,β-unsaturated/α-hetero) is 1. The maximum absolute atomic E-state index is 12.1. The Labute approximate surface area is 113 Å². The summed E-state index contributed by atoms with van der Waals surface area (Å²) in [6.45, 7) is 12.4.